The maximum atomic E-state index is 13.0. The first-order valence-electron chi connectivity index (χ1n) is 41.8. The smallest absolute Gasteiger partial charge is 0.463 e. The van der Waals surface area contributed by atoms with E-state index in [1.54, 1.807) is 0 Å². The Morgan fingerprint density at radius 1 is 0.271 bits per heavy atom. The van der Waals surface area contributed by atoms with Crippen molar-refractivity contribution in [1.82, 2.24) is 0 Å². The van der Waals surface area contributed by atoms with Crippen molar-refractivity contribution in [3.8, 4) is 0 Å². The van der Waals surface area contributed by atoms with Crippen LogP contribution < -0.4 is 0 Å². The number of unbranched alkanes of at least 4 members (excludes halogenated alkanes) is 29. The average Bonchev–Trinajstić information content (AvgIpc) is 0.912. The molecule has 0 aliphatic carbocycles. The molecule has 18 heteroatoms. The van der Waals surface area contributed by atoms with Gasteiger partial charge in [-0.25, -0.2) is 9.13 Å². The third-order valence-electron chi connectivity index (χ3n) is 17.2. The summed E-state index contributed by atoms with van der Waals surface area (Å²) in [6.45, 7) is 2.39. The molecule has 612 valence electrons. The maximum absolute atomic E-state index is 13.0. The van der Waals surface area contributed by atoms with Gasteiger partial charge in [0.2, 0.25) is 0 Å². The SMILES string of the molecule is CC/C=C\C/C=C\C/C=C\C/C=C\C/C=C\C/C=C\CCCCCCC(=O)OCC(COP(=O)(O)OCC(O)COP(=O)(O)OCC(O)COC(=O)CCCCCCCCCCCCCCCCCCC/C=C\C/C=C\C/C=C\C/C=C\C/C=C\CC)OC(=O)CCCCCCC/C=C\C/C=C\CCCCC. The molecular weight excluding hydrogens is 1390 g/mol. The zero-order valence-corrected chi connectivity index (χ0v) is 68.8. The van der Waals surface area contributed by atoms with Crippen molar-refractivity contribution in [3.05, 3.63) is 158 Å². The molecule has 5 atom stereocenters. The zero-order chi connectivity index (χ0) is 78.0. The van der Waals surface area contributed by atoms with E-state index >= 15 is 0 Å². The molecule has 0 aromatic carbocycles. The minimum Gasteiger partial charge on any atom is -0.463 e. The molecule has 107 heavy (non-hydrogen) atoms. The number of phosphoric acid groups is 2. The molecule has 0 spiro atoms. The highest BCUT2D eigenvalue weighted by molar-refractivity contribution is 7.47. The molecule has 0 saturated carbocycles. The van der Waals surface area contributed by atoms with Gasteiger partial charge >= 0.3 is 33.6 Å². The molecule has 0 radical (unpaired) electrons. The molecule has 0 amide bonds. The number of carbonyl (C=O) groups is 3. The highest BCUT2D eigenvalue weighted by Gasteiger charge is 2.29. The number of hydrogen-bond acceptors (Lipinski definition) is 14. The Bertz CT molecular complexity index is 2580. The number of allylic oxidation sites excluding steroid dienone is 26. The Balaban J connectivity index is 4.50. The van der Waals surface area contributed by atoms with E-state index in [2.05, 4.69) is 179 Å². The Labute approximate surface area is 650 Å². The van der Waals surface area contributed by atoms with Crippen LogP contribution in [0.15, 0.2) is 158 Å². The standard InChI is InChI=1S/C89H150O16P2/c1-4-7-10-13-16-19-22-25-28-30-32-34-36-37-38-39-40-41-42-43-44-45-47-49-50-52-55-57-60-63-66-69-72-75-87(92)99-78-84(90)79-101-106(95,96)102-80-85(91)81-103-107(97,98)104-83-86(105-89(94)77-74-71-68-65-62-59-54-27-24-21-18-15-12-9-6-3)82-100-88(93)76-73-70-67-64-61-58-56-53-51-48-46-35-33-31-29-26-23-20-17-14-11-8-5-2/h7-8,10-11,16-21,25-29,32-35,37-38,48,51,54,56,58,84-86,90-91H,4-6,9,12-15,22-24,30-31,36,39-47,49-50,52-53,55,57,59-83H2,1-3H3,(H,95,96)(H,97,98)/b10-7-,11-8-,19-16-,20-17-,21-18-,28-25-,29-26-,34-32-,35-33-,38-37-,51-48-,54-27-,58-56-. The Kier molecular flexibility index (Phi) is 77.0. The summed E-state index contributed by atoms with van der Waals surface area (Å²) >= 11 is 0. The van der Waals surface area contributed by atoms with Gasteiger partial charge < -0.3 is 34.2 Å². The summed E-state index contributed by atoms with van der Waals surface area (Å²) in [5.74, 6) is -1.62. The zero-order valence-electron chi connectivity index (χ0n) is 67.0. The number of rotatable bonds is 78. The van der Waals surface area contributed by atoms with E-state index in [1.165, 1.54) is 109 Å². The molecule has 0 rings (SSSR count). The van der Waals surface area contributed by atoms with Gasteiger partial charge in [-0.3, -0.25) is 32.5 Å². The average molecular weight is 1540 g/mol. The monoisotopic (exact) mass is 1540 g/mol. The van der Waals surface area contributed by atoms with Crippen molar-refractivity contribution in [2.24, 2.45) is 0 Å². The van der Waals surface area contributed by atoms with Crippen LogP contribution >= 0.6 is 15.6 Å². The molecule has 0 fully saturated rings. The van der Waals surface area contributed by atoms with Crippen LogP contribution in [0.5, 0.6) is 0 Å². The fraction of sp³-hybridized carbons (Fsp3) is 0.674. The van der Waals surface area contributed by atoms with Gasteiger partial charge in [0, 0.05) is 19.3 Å². The van der Waals surface area contributed by atoms with Gasteiger partial charge in [-0.1, -0.05) is 320 Å². The van der Waals surface area contributed by atoms with Crippen molar-refractivity contribution in [3.63, 3.8) is 0 Å². The summed E-state index contributed by atoms with van der Waals surface area (Å²) in [6.07, 6.45) is 102. The van der Waals surface area contributed by atoms with E-state index in [9.17, 15) is 43.5 Å². The number of aliphatic hydroxyl groups excluding tert-OH is 2. The molecule has 0 aliphatic rings. The molecule has 0 heterocycles. The van der Waals surface area contributed by atoms with Gasteiger partial charge in [0.05, 0.1) is 26.4 Å². The van der Waals surface area contributed by atoms with Crippen molar-refractivity contribution >= 4 is 33.6 Å². The Hall–Kier alpha value is -4.83. The minimum absolute atomic E-state index is 0.0785. The summed E-state index contributed by atoms with van der Waals surface area (Å²) < 4.78 is 61.2. The predicted molar refractivity (Wildman–Crippen MR) is 445 cm³/mol. The number of carbonyl (C=O) groups excluding carboxylic acids is 3. The van der Waals surface area contributed by atoms with Crippen LogP contribution in [0, 0.1) is 0 Å². The summed E-state index contributed by atoms with van der Waals surface area (Å²) in [6, 6.07) is 0. The lowest BCUT2D eigenvalue weighted by molar-refractivity contribution is -0.161. The molecule has 4 N–H and O–H groups in total. The van der Waals surface area contributed by atoms with Crippen LogP contribution in [0.2, 0.25) is 0 Å². The largest absolute Gasteiger partial charge is 0.472 e. The molecule has 0 aliphatic heterocycles. The van der Waals surface area contributed by atoms with Gasteiger partial charge in [-0.15, -0.1) is 0 Å². The molecule has 0 aromatic rings. The van der Waals surface area contributed by atoms with Crippen molar-refractivity contribution in [1.29, 1.82) is 0 Å². The quantitative estimate of drug-likeness (QED) is 0.0146. The van der Waals surface area contributed by atoms with Crippen LogP contribution in [-0.2, 0) is 55.8 Å². The first kappa shape index (κ1) is 102. The molecule has 0 saturated heterocycles. The number of phosphoric ester groups is 2. The van der Waals surface area contributed by atoms with Crippen molar-refractivity contribution in [2.45, 2.75) is 347 Å². The lowest BCUT2D eigenvalue weighted by Gasteiger charge is -2.21. The number of hydrogen-bond donors (Lipinski definition) is 4. The van der Waals surface area contributed by atoms with Gasteiger partial charge in [0.1, 0.15) is 25.4 Å². The topological polar surface area (TPSA) is 231 Å². The molecule has 5 unspecified atom stereocenters. The molecule has 0 aromatic heterocycles. The number of ether oxygens (including phenoxy) is 3. The van der Waals surface area contributed by atoms with E-state index in [-0.39, 0.29) is 19.3 Å². The fourth-order valence-electron chi connectivity index (χ4n) is 10.9. The third kappa shape index (κ3) is 82.0. The predicted octanol–water partition coefficient (Wildman–Crippen LogP) is 25.0. The number of aliphatic hydroxyl groups is 2. The number of esters is 3. The second-order valence-electron chi connectivity index (χ2n) is 27.5. The Morgan fingerprint density at radius 3 is 0.785 bits per heavy atom. The first-order valence-corrected chi connectivity index (χ1v) is 44.8. The summed E-state index contributed by atoms with van der Waals surface area (Å²) in [5.41, 5.74) is 0. The normalized spacial score (nSPS) is 14.7. The highest BCUT2D eigenvalue weighted by atomic mass is 31.2. The van der Waals surface area contributed by atoms with Gasteiger partial charge in [0.25, 0.3) is 0 Å². The lowest BCUT2D eigenvalue weighted by Crippen LogP contribution is -2.30. The molecule has 16 nitrogen and oxygen atoms in total. The van der Waals surface area contributed by atoms with E-state index in [1.807, 2.05) is 0 Å². The van der Waals surface area contributed by atoms with Crippen molar-refractivity contribution < 1.29 is 75.8 Å². The second kappa shape index (κ2) is 80.7. The molecule has 0 bridgehead atoms. The van der Waals surface area contributed by atoms with Gasteiger partial charge in [-0.05, 0) is 148 Å². The van der Waals surface area contributed by atoms with Crippen LogP contribution in [0.25, 0.3) is 0 Å². The summed E-state index contributed by atoms with van der Waals surface area (Å²) in [4.78, 5) is 58.7. The third-order valence-corrected chi connectivity index (χ3v) is 19.1. The van der Waals surface area contributed by atoms with Gasteiger partial charge in [0.15, 0.2) is 6.10 Å². The fourth-order valence-corrected chi connectivity index (χ4v) is 12.5. The van der Waals surface area contributed by atoms with Crippen LogP contribution in [-0.4, -0.2) is 95.9 Å². The summed E-state index contributed by atoms with van der Waals surface area (Å²) in [5, 5.41) is 20.7. The Morgan fingerprint density at radius 2 is 0.495 bits per heavy atom. The van der Waals surface area contributed by atoms with E-state index in [0.717, 1.165) is 161 Å². The van der Waals surface area contributed by atoms with Gasteiger partial charge in [-0.2, -0.15) is 0 Å². The van der Waals surface area contributed by atoms with Crippen LogP contribution in [0.4, 0.5) is 0 Å². The van der Waals surface area contributed by atoms with E-state index in [4.69, 9.17) is 32.3 Å². The van der Waals surface area contributed by atoms with E-state index in [0.29, 0.717) is 19.3 Å². The lowest BCUT2D eigenvalue weighted by atomic mass is 10.0. The molecular formula is C89H150O16P2. The van der Waals surface area contributed by atoms with E-state index < -0.39 is 91.5 Å². The van der Waals surface area contributed by atoms with Crippen LogP contribution in [0.1, 0.15) is 329 Å². The summed E-state index contributed by atoms with van der Waals surface area (Å²) in [7, 11) is -9.81. The van der Waals surface area contributed by atoms with Crippen LogP contribution in [0.3, 0.4) is 0 Å². The van der Waals surface area contributed by atoms with Crippen molar-refractivity contribution in [2.75, 3.05) is 39.6 Å². The minimum atomic E-state index is -4.95. The maximum Gasteiger partial charge on any atom is 0.472 e. The second-order valence-corrected chi connectivity index (χ2v) is 30.4. The highest BCUT2D eigenvalue weighted by Crippen LogP contribution is 2.45. The first-order chi connectivity index (χ1) is 52.2.